The van der Waals surface area contributed by atoms with E-state index in [1.54, 1.807) is 0 Å². The molecule has 12 aromatic rings. The average Bonchev–Trinajstić information content (AvgIpc) is 1.50. The van der Waals surface area contributed by atoms with Crippen LogP contribution in [0, 0.1) is 27.7 Å². The van der Waals surface area contributed by atoms with Crippen molar-refractivity contribution in [3.63, 3.8) is 0 Å². The molecule has 2 saturated heterocycles. The first kappa shape index (κ1) is 70.4. The molecule has 2 fully saturated rings. The van der Waals surface area contributed by atoms with Crippen LogP contribution in [0.2, 0.25) is 13.1 Å². The standard InChI is InChI=1S/2C49H48O2Si.2ClH.Hf/c2*1-30-18-28-40(50-30)44-42(32-20-24-34(25-21-32)48(3,4)5)36-14-10-12-16-38(36)46(44)52(9)47-39-17-13-11-15-37(39)43(45(47)41-29-19-31(2)51-41)33-22-26-35(27-23-33)49(6,7)8;;;/h2*10-29,52H,1-9H3;2*1H;/q;;;;+2/p-2. The Bertz CT molecular complexity index is 5190. The average molecular weight is 1640 g/mol. The van der Waals surface area contributed by atoms with Gasteiger partial charge in [0.15, 0.2) is 0 Å². The summed E-state index contributed by atoms with van der Waals surface area (Å²) < 4.78 is 26.1. The summed E-state index contributed by atoms with van der Waals surface area (Å²) in [5.74, 6) is 6.33. The molecular weight excluding hydrogens is 1550 g/mol. The fourth-order valence-electron chi connectivity index (χ4n) is 23.8. The Morgan fingerprint density at radius 3 is 0.617 bits per heavy atom. The van der Waals surface area contributed by atoms with Crippen LogP contribution in [0.4, 0.5) is 0 Å². The van der Waals surface area contributed by atoms with Crippen LogP contribution < -0.4 is 0 Å². The van der Waals surface area contributed by atoms with Crippen molar-refractivity contribution < 1.29 is 32.3 Å². The van der Waals surface area contributed by atoms with E-state index in [2.05, 4.69) is 367 Å². The van der Waals surface area contributed by atoms with Crippen molar-refractivity contribution in [2.45, 2.75) is 157 Å². The fraction of sp³-hybridized carbons (Fsp3) is 0.265. The van der Waals surface area contributed by atoms with Crippen LogP contribution in [-0.2, 0) is 47.5 Å². The van der Waals surface area contributed by atoms with E-state index in [1.165, 1.54) is 22.3 Å². The van der Waals surface area contributed by atoms with Crippen LogP contribution in [0.15, 0.2) is 260 Å². The van der Waals surface area contributed by atoms with Gasteiger partial charge in [0, 0.05) is 0 Å². The monoisotopic (exact) mass is 1640 g/mol. The van der Waals surface area contributed by atoms with Gasteiger partial charge in [-0.3, -0.25) is 0 Å². The second-order valence-electron chi connectivity index (χ2n) is 36.4. The quantitative estimate of drug-likeness (QED) is 0.142. The van der Waals surface area contributed by atoms with Crippen LogP contribution in [0.25, 0.3) is 44.6 Å². The zero-order chi connectivity index (χ0) is 75.2. The first-order chi connectivity index (χ1) is 50.7. The second kappa shape index (κ2) is 22.7. The van der Waals surface area contributed by atoms with Crippen LogP contribution in [0.1, 0.15) is 218 Å². The first-order valence-corrected chi connectivity index (χ1v) is 59.3. The number of rotatable bonds is 8. The molecule has 4 unspecified atom stereocenters. The molecule has 538 valence electrons. The molecule has 0 saturated carbocycles. The van der Waals surface area contributed by atoms with Crippen molar-refractivity contribution in [2.24, 2.45) is 0 Å². The van der Waals surface area contributed by atoms with Gasteiger partial charge < -0.3 is 0 Å². The summed E-state index contributed by atoms with van der Waals surface area (Å²) in [5, 5.41) is 0. The van der Waals surface area contributed by atoms with Crippen molar-refractivity contribution in [1.29, 1.82) is 0 Å². The maximum absolute atomic E-state index is 12.4. The molecule has 6 heterocycles. The molecule has 107 heavy (non-hydrogen) atoms. The van der Waals surface area contributed by atoms with E-state index in [0.717, 1.165) is 157 Å². The molecule has 8 aromatic carbocycles. The Labute approximate surface area is 640 Å². The summed E-state index contributed by atoms with van der Waals surface area (Å²) in [6.45, 7) is 41.5. The molecule has 6 aliphatic rings. The zero-order valence-electron chi connectivity index (χ0n) is 65.1. The van der Waals surface area contributed by atoms with E-state index < -0.39 is 43.4 Å². The summed E-state index contributed by atoms with van der Waals surface area (Å²) in [6.07, 6.45) is 0. The molecule has 4 aromatic heterocycles. The zero-order valence-corrected chi connectivity index (χ0v) is 72.6. The number of benzene rings is 8. The molecular formula is C98H96Cl2HfO4Si2. The van der Waals surface area contributed by atoms with Gasteiger partial charge in [-0.05, 0) is 0 Å². The predicted octanol–water partition coefficient (Wildman–Crippen LogP) is 25.7. The van der Waals surface area contributed by atoms with E-state index in [1.807, 2.05) is 0 Å². The third-order valence-electron chi connectivity index (χ3n) is 27.3. The first-order valence-electron chi connectivity index (χ1n) is 38.6. The molecule has 0 radical (unpaired) electrons. The predicted molar refractivity (Wildman–Crippen MR) is 448 cm³/mol. The fourth-order valence-corrected chi connectivity index (χ4v) is 189. The Hall–Kier alpha value is -8.28. The van der Waals surface area contributed by atoms with E-state index in [0.29, 0.717) is 0 Å². The Kier molecular flexibility index (Phi) is 14.9. The molecule has 0 bridgehead atoms. The molecule has 4 nitrogen and oxygen atoms in total. The molecule has 0 amide bonds. The van der Waals surface area contributed by atoms with E-state index >= 15 is 0 Å². The third-order valence-corrected chi connectivity index (χ3v) is 142. The summed E-state index contributed by atoms with van der Waals surface area (Å²) >= 11 is -9.14. The Morgan fingerprint density at radius 1 is 0.262 bits per heavy atom. The number of fused-ring (bicyclic) bond motifs is 12. The maximum atomic E-state index is 12.4. The molecule has 2 aliphatic heterocycles. The number of hydrogen-bond acceptors (Lipinski definition) is 4. The van der Waals surface area contributed by atoms with Gasteiger partial charge in [0.25, 0.3) is 0 Å². The van der Waals surface area contributed by atoms with Crippen molar-refractivity contribution in [3.05, 3.63) is 378 Å². The number of allylic oxidation sites excluding steroid dienone is 4. The Balaban J connectivity index is 1.20. The van der Waals surface area contributed by atoms with Crippen LogP contribution >= 0.6 is 17.2 Å². The minimum absolute atomic E-state index is 0.133. The molecule has 18 rings (SSSR count). The van der Waals surface area contributed by atoms with Gasteiger partial charge in [-0.1, -0.05) is 0 Å². The van der Waals surface area contributed by atoms with Crippen molar-refractivity contribution in [2.75, 3.05) is 0 Å². The van der Waals surface area contributed by atoms with Crippen LogP contribution in [-0.4, -0.2) is 17.6 Å². The third kappa shape index (κ3) is 8.14. The molecule has 5 spiro atoms. The summed E-state index contributed by atoms with van der Waals surface area (Å²) in [4.78, 5) is 0. The van der Waals surface area contributed by atoms with Gasteiger partial charge in [0.05, 0.1) is 0 Å². The summed E-state index contributed by atoms with van der Waals surface area (Å²) in [7, 11) is 18.4. The van der Waals surface area contributed by atoms with Gasteiger partial charge in [-0.25, -0.2) is 0 Å². The van der Waals surface area contributed by atoms with Gasteiger partial charge in [0.1, 0.15) is 0 Å². The molecule has 4 aliphatic carbocycles. The van der Waals surface area contributed by atoms with E-state index in [9.17, 15) is 17.2 Å². The molecule has 9 heteroatoms. The number of furan rings is 4. The summed E-state index contributed by atoms with van der Waals surface area (Å²) in [6, 6.07) is 93.6. The van der Waals surface area contributed by atoms with Gasteiger partial charge >= 0.3 is 646 Å². The topological polar surface area (TPSA) is 52.6 Å². The van der Waals surface area contributed by atoms with Crippen LogP contribution in [0.3, 0.4) is 0 Å². The van der Waals surface area contributed by atoms with Crippen LogP contribution in [0.5, 0.6) is 0 Å². The van der Waals surface area contributed by atoms with Gasteiger partial charge in [-0.15, -0.1) is 0 Å². The van der Waals surface area contributed by atoms with E-state index in [4.69, 9.17) is 17.7 Å². The van der Waals surface area contributed by atoms with Crippen molar-refractivity contribution in [1.82, 2.24) is 0 Å². The second-order valence-corrected chi connectivity index (χ2v) is 90.8. The minimum atomic E-state index is -9.14. The summed E-state index contributed by atoms with van der Waals surface area (Å²) in [5.41, 5.74) is 26.6. The van der Waals surface area contributed by atoms with Crippen molar-refractivity contribution in [3.8, 4) is 0 Å². The number of halogens is 2. The van der Waals surface area contributed by atoms with Gasteiger partial charge in [-0.2, -0.15) is 0 Å². The molecule has 4 atom stereocenters. The Morgan fingerprint density at radius 2 is 0.449 bits per heavy atom. The number of aryl methyl sites for hydroxylation is 4. The van der Waals surface area contributed by atoms with E-state index in [-0.39, 0.29) is 21.7 Å². The normalized spacial score (nSPS) is 24.3. The molecule has 0 N–H and O–H groups in total. The SMILES string of the molecule is Cc1ccc(C2=C(c3ccc(C(C)(C)C)cc3)c3ccccc3[C]23[SiH](C)[C]2(C(c4ccc(C)o4)=C(c4ccc(C(C)(C)C)cc4)c4ccccc42)[Hf]32([Cl])([Cl])[C]3(C(c4ccc(C)o4)=C(c4ccc(C(C)(C)C)cc4)c4ccccc43)[SiH](C)[C]23C(c2ccc(C)o2)=C(c2ccc(C(C)(C)C)cc2)c2ccccc23)o1. The number of hydrogen-bond donors (Lipinski definition) is 0. The van der Waals surface area contributed by atoms with Crippen molar-refractivity contribution >= 4 is 79.3 Å². The van der Waals surface area contributed by atoms with Gasteiger partial charge in [0.2, 0.25) is 0 Å².